The van der Waals surface area contributed by atoms with Gasteiger partial charge in [0, 0.05) is 209 Å². The fraction of sp³-hybridized carbons (Fsp3) is 1.00. The Kier molecular flexibility index (Phi) is 54.7. The lowest BCUT2D eigenvalue weighted by atomic mass is 10.2. The number of nitrogens with two attached hydrogens (primary N) is 7. The lowest BCUT2D eigenvalue weighted by Crippen LogP contribution is -2.46. The van der Waals surface area contributed by atoms with E-state index in [1.165, 1.54) is 32.1 Å². The molecule has 66 heavy (non-hydrogen) atoms. The normalized spacial score (nSPS) is 12.2. The van der Waals surface area contributed by atoms with Crippen LogP contribution in [0.1, 0.15) is 52.9 Å². The maximum atomic E-state index is 5.87. The Morgan fingerprint density at radius 1 is 0.258 bits per heavy atom. The zero-order chi connectivity index (χ0) is 49.1. The monoisotopic (exact) mass is 948 g/mol. The van der Waals surface area contributed by atoms with E-state index in [2.05, 4.69) is 81.2 Å². The highest BCUT2D eigenvalue weighted by Crippen LogP contribution is 2.02. The zero-order valence-corrected chi connectivity index (χ0v) is 44.3. The van der Waals surface area contributed by atoms with Crippen LogP contribution in [0.25, 0.3) is 0 Å². The second kappa shape index (κ2) is 53.6. The molecule has 0 aliphatic rings. The molecule has 0 saturated carbocycles. The summed E-state index contributed by atoms with van der Waals surface area (Å²) in [4.78, 5) is 20.2. The van der Waals surface area contributed by atoms with Gasteiger partial charge >= 0.3 is 0 Å². The molecule has 0 saturated heterocycles. The Hall–Kier alpha value is -0.760. The standard InChI is InChI=1S/C24H59N9.C23H58N10/c1-4-6-14-31(16-9-27)20-22-33(18-12-29-10-7-25)24-23-32(17-11-28-3)21-19-30(13-5-2)15-8-26;1-3-30(15-7-25)13-4-5-14-31(19-12-29-10-6-24)20-22-33(18-11-28-2)23-21-32(16-8-26)17-9-27/h28-29H,4-27H2,1-3H3;28-29H,3-27H2,1-2H3. The van der Waals surface area contributed by atoms with Crippen LogP contribution in [0.3, 0.4) is 0 Å². The van der Waals surface area contributed by atoms with Crippen molar-refractivity contribution >= 4 is 0 Å². The van der Waals surface area contributed by atoms with E-state index in [0.29, 0.717) is 26.2 Å². The van der Waals surface area contributed by atoms with Gasteiger partial charge in [0.1, 0.15) is 0 Å². The summed E-state index contributed by atoms with van der Waals surface area (Å²) in [6.45, 7) is 42.9. The summed E-state index contributed by atoms with van der Waals surface area (Å²) >= 11 is 0. The van der Waals surface area contributed by atoms with Crippen molar-refractivity contribution in [1.82, 2.24) is 60.5 Å². The van der Waals surface area contributed by atoms with Gasteiger partial charge in [0.2, 0.25) is 0 Å². The second-order valence-electron chi connectivity index (χ2n) is 17.6. The molecule has 18 N–H and O–H groups in total. The molecular weight excluding hydrogens is 831 g/mol. The van der Waals surface area contributed by atoms with Crippen molar-refractivity contribution in [3.63, 3.8) is 0 Å². The SMILES string of the molecule is CCCCN(CCN)CCN(CCNCCN)CCN(CCNC)CCN(CCC)CCN.CCN(CCN)CCCCN(CCNCCN)CCN(CCNC)CCN(CCN)CCN. The van der Waals surface area contributed by atoms with Gasteiger partial charge in [-0.15, -0.1) is 0 Å². The topological polar surface area (TPSA) is 256 Å². The predicted octanol–water partition coefficient (Wildman–Crippen LogP) is -3.27. The van der Waals surface area contributed by atoms with Gasteiger partial charge in [0.15, 0.2) is 0 Å². The van der Waals surface area contributed by atoms with Crippen molar-refractivity contribution in [3.8, 4) is 0 Å². The van der Waals surface area contributed by atoms with Crippen LogP contribution in [0, 0.1) is 0 Å². The second-order valence-corrected chi connectivity index (χ2v) is 17.6. The molecular formula is C47H117N19. The van der Waals surface area contributed by atoms with E-state index in [4.69, 9.17) is 40.1 Å². The molecule has 0 spiro atoms. The molecule has 0 heterocycles. The van der Waals surface area contributed by atoms with Crippen molar-refractivity contribution in [1.29, 1.82) is 0 Å². The largest absolute Gasteiger partial charge is 0.329 e. The third kappa shape index (κ3) is 43.3. The average molecular weight is 949 g/mol. The molecule has 19 nitrogen and oxygen atoms in total. The molecule has 0 amide bonds. The summed E-state index contributed by atoms with van der Waals surface area (Å²) < 4.78 is 0. The van der Waals surface area contributed by atoms with Crippen molar-refractivity contribution in [2.45, 2.75) is 52.9 Å². The number of hydrogen-bond donors (Lipinski definition) is 11. The minimum absolute atomic E-state index is 0.681. The van der Waals surface area contributed by atoms with E-state index >= 15 is 0 Å². The Balaban J connectivity index is 0. The van der Waals surface area contributed by atoms with Crippen LogP contribution in [-0.4, -0.2) is 295 Å². The van der Waals surface area contributed by atoms with Crippen LogP contribution >= 0.6 is 0 Å². The molecule has 0 atom stereocenters. The number of rotatable bonds is 52. The van der Waals surface area contributed by atoms with Gasteiger partial charge in [-0.1, -0.05) is 27.2 Å². The van der Waals surface area contributed by atoms with Gasteiger partial charge in [-0.25, -0.2) is 0 Å². The Morgan fingerprint density at radius 3 is 0.864 bits per heavy atom. The fourth-order valence-electron chi connectivity index (χ4n) is 7.94. The van der Waals surface area contributed by atoms with E-state index < -0.39 is 0 Å². The number of nitrogens with zero attached hydrogens (tertiary/aromatic N) is 8. The van der Waals surface area contributed by atoms with Crippen LogP contribution < -0.4 is 61.4 Å². The van der Waals surface area contributed by atoms with Crippen molar-refractivity contribution in [2.24, 2.45) is 40.1 Å². The molecule has 400 valence electrons. The third-order valence-corrected chi connectivity index (χ3v) is 12.1. The van der Waals surface area contributed by atoms with Gasteiger partial charge in [-0.2, -0.15) is 0 Å². The Morgan fingerprint density at radius 2 is 0.545 bits per heavy atom. The number of unbranched alkanes of at least 4 members (excludes halogenated alkanes) is 2. The van der Waals surface area contributed by atoms with Gasteiger partial charge in [0.05, 0.1) is 0 Å². The van der Waals surface area contributed by atoms with E-state index in [1.807, 2.05) is 14.1 Å². The molecule has 0 aromatic rings. The molecule has 0 bridgehead atoms. The van der Waals surface area contributed by atoms with Crippen LogP contribution in [0.4, 0.5) is 0 Å². The molecule has 0 aliphatic carbocycles. The fourth-order valence-corrected chi connectivity index (χ4v) is 7.94. The average Bonchev–Trinajstić information content (AvgIpc) is 3.32. The molecule has 19 heteroatoms. The maximum Gasteiger partial charge on any atom is 0.0110 e. The van der Waals surface area contributed by atoms with Crippen LogP contribution in [0.2, 0.25) is 0 Å². The van der Waals surface area contributed by atoms with E-state index in [0.717, 1.165) is 216 Å². The van der Waals surface area contributed by atoms with Crippen LogP contribution in [0.15, 0.2) is 0 Å². The molecule has 0 radical (unpaired) electrons. The highest BCUT2D eigenvalue weighted by Gasteiger charge is 2.15. The van der Waals surface area contributed by atoms with Gasteiger partial charge < -0.3 is 81.0 Å². The molecule has 0 aromatic carbocycles. The molecule has 0 unspecified atom stereocenters. The van der Waals surface area contributed by atoms with Crippen molar-refractivity contribution in [3.05, 3.63) is 0 Å². The Labute approximate surface area is 408 Å². The van der Waals surface area contributed by atoms with Crippen LogP contribution in [-0.2, 0) is 0 Å². The molecule has 0 rings (SSSR count). The number of hydrogen-bond acceptors (Lipinski definition) is 19. The van der Waals surface area contributed by atoms with Crippen LogP contribution in [0.5, 0.6) is 0 Å². The van der Waals surface area contributed by atoms with E-state index in [1.54, 1.807) is 0 Å². The van der Waals surface area contributed by atoms with Crippen molar-refractivity contribution in [2.75, 3.05) is 256 Å². The lowest BCUT2D eigenvalue weighted by molar-refractivity contribution is 0.163. The number of nitrogens with one attached hydrogen (secondary N) is 4. The maximum absolute atomic E-state index is 5.87. The van der Waals surface area contributed by atoms with Crippen molar-refractivity contribution < 1.29 is 0 Å². The summed E-state index contributed by atoms with van der Waals surface area (Å²) in [5.74, 6) is 0. The first-order valence-electron chi connectivity index (χ1n) is 26.7. The first-order chi connectivity index (χ1) is 32.3. The van der Waals surface area contributed by atoms with Gasteiger partial charge in [-0.05, 0) is 72.5 Å². The molecule has 0 fully saturated rings. The van der Waals surface area contributed by atoms with E-state index in [9.17, 15) is 0 Å². The smallest absolute Gasteiger partial charge is 0.0110 e. The predicted molar refractivity (Wildman–Crippen MR) is 289 cm³/mol. The summed E-state index contributed by atoms with van der Waals surface area (Å²) in [7, 11) is 4.06. The Bertz CT molecular complexity index is 903. The summed E-state index contributed by atoms with van der Waals surface area (Å²) in [6, 6.07) is 0. The molecule has 0 aliphatic heterocycles. The summed E-state index contributed by atoms with van der Waals surface area (Å²) in [5.41, 5.74) is 40.3. The number of likely N-dealkylation sites (N-methyl/N-ethyl adjacent to an activating group) is 3. The van der Waals surface area contributed by atoms with Gasteiger partial charge in [-0.3, -0.25) is 19.6 Å². The first kappa shape index (κ1) is 67.3. The zero-order valence-electron chi connectivity index (χ0n) is 44.3. The minimum Gasteiger partial charge on any atom is -0.329 e. The first-order valence-corrected chi connectivity index (χ1v) is 26.7. The summed E-state index contributed by atoms with van der Waals surface area (Å²) in [5, 5.41) is 13.5. The van der Waals surface area contributed by atoms with E-state index in [-0.39, 0.29) is 0 Å². The quantitative estimate of drug-likeness (QED) is 0.0268. The minimum atomic E-state index is 0.681. The highest BCUT2D eigenvalue weighted by molar-refractivity contribution is 4.72. The lowest BCUT2D eigenvalue weighted by Gasteiger charge is -2.31. The highest BCUT2D eigenvalue weighted by atomic mass is 15.3. The molecule has 0 aromatic heterocycles. The summed E-state index contributed by atoms with van der Waals surface area (Å²) in [6.07, 6.45) is 6.09. The van der Waals surface area contributed by atoms with Gasteiger partial charge in [0.25, 0.3) is 0 Å². The third-order valence-electron chi connectivity index (χ3n) is 12.1.